The van der Waals surface area contributed by atoms with Gasteiger partial charge in [-0.1, -0.05) is 270 Å². The quantitative estimate of drug-likeness (QED) is 0.0169. The van der Waals surface area contributed by atoms with E-state index in [1.807, 2.05) is 12.2 Å². The number of hydrogen-bond donors (Lipinski definition) is 3. The van der Waals surface area contributed by atoms with Gasteiger partial charge in [0.1, 0.15) is 19.3 Å². The molecule has 5 atom stereocenters. The van der Waals surface area contributed by atoms with E-state index in [0.717, 1.165) is 186 Å². The van der Waals surface area contributed by atoms with Crippen LogP contribution in [0.3, 0.4) is 0 Å². The summed E-state index contributed by atoms with van der Waals surface area (Å²) in [6, 6.07) is 0. The molecule has 0 aliphatic carbocycles. The Hall–Kier alpha value is -5.06. The Bertz CT molecular complexity index is 2540. The minimum Gasteiger partial charge on any atom is -0.462 e. The van der Waals surface area contributed by atoms with E-state index in [9.17, 15) is 43.2 Å². The van der Waals surface area contributed by atoms with Crippen molar-refractivity contribution in [2.24, 2.45) is 0 Å². The molecular weight excluding hydrogens is 1350 g/mol. The molecule has 0 saturated carbocycles. The summed E-state index contributed by atoms with van der Waals surface area (Å²) in [7, 11) is -9.99. The van der Waals surface area contributed by atoms with E-state index in [1.165, 1.54) is 38.5 Å². The van der Waals surface area contributed by atoms with Crippen molar-refractivity contribution in [3.8, 4) is 0 Å². The summed E-state index contributed by atoms with van der Waals surface area (Å²) in [5.74, 6) is -2.29. The number of carbonyl (C=O) groups is 4. The summed E-state index contributed by atoms with van der Waals surface area (Å²) in [5, 5.41) is 10.6. The van der Waals surface area contributed by atoms with E-state index in [0.29, 0.717) is 32.1 Å². The van der Waals surface area contributed by atoms with Crippen LogP contribution in [0.2, 0.25) is 0 Å². The number of esters is 4. The van der Waals surface area contributed by atoms with Gasteiger partial charge >= 0.3 is 39.5 Å². The second-order valence-corrected chi connectivity index (χ2v) is 29.1. The zero-order chi connectivity index (χ0) is 76.0. The average molecular weight is 1500 g/mol. The minimum absolute atomic E-state index is 0.0626. The molecule has 104 heavy (non-hydrogen) atoms. The van der Waals surface area contributed by atoms with Crippen molar-refractivity contribution in [1.29, 1.82) is 0 Å². The molecule has 3 N–H and O–H groups in total. The maximum atomic E-state index is 13.1. The third-order valence-corrected chi connectivity index (χ3v) is 18.2. The van der Waals surface area contributed by atoms with Crippen LogP contribution >= 0.6 is 15.6 Å². The van der Waals surface area contributed by atoms with Crippen molar-refractivity contribution in [1.82, 2.24) is 0 Å². The van der Waals surface area contributed by atoms with Gasteiger partial charge in [0.05, 0.1) is 26.4 Å². The van der Waals surface area contributed by atoms with Gasteiger partial charge in [-0.05, 0) is 161 Å². The van der Waals surface area contributed by atoms with Crippen molar-refractivity contribution in [3.63, 3.8) is 0 Å². The first-order valence-corrected chi connectivity index (χ1v) is 43.1. The largest absolute Gasteiger partial charge is 0.472 e. The van der Waals surface area contributed by atoms with Crippen LogP contribution in [0.15, 0.2) is 146 Å². The van der Waals surface area contributed by atoms with Gasteiger partial charge in [0.15, 0.2) is 12.2 Å². The summed E-state index contributed by atoms with van der Waals surface area (Å²) in [6.45, 7) is 4.50. The molecule has 0 saturated heterocycles. The lowest BCUT2D eigenvalue weighted by molar-refractivity contribution is -0.161. The van der Waals surface area contributed by atoms with Crippen LogP contribution in [0.4, 0.5) is 0 Å². The first kappa shape index (κ1) is 98.9. The van der Waals surface area contributed by atoms with Gasteiger partial charge in [0.25, 0.3) is 0 Å². The molecule has 0 aliphatic heterocycles. The summed E-state index contributed by atoms with van der Waals surface area (Å²) in [4.78, 5) is 73.0. The fourth-order valence-electron chi connectivity index (χ4n) is 10.2. The molecule has 594 valence electrons. The van der Waals surface area contributed by atoms with E-state index in [2.05, 4.69) is 161 Å². The number of unbranched alkanes of at least 4 members (excludes halogenated alkanes) is 24. The molecule has 5 unspecified atom stereocenters. The Balaban J connectivity index is 5.45. The second-order valence-electron chi connectivity index (χ2n) is 26.2. The SMILES string of the molecule is CC/C=C\C/C=C\C/C=C\C/C=C\C/C=C\CCCC(=O)OCC(COP(=O)(O)OCC(O)COP(=O)(O)OCC(COC(=O)CCCCCCCCC/C=C\C/C=C\C/C=C\CC)OC(=O)CCCCCCC/C=C\C/C=C\CCCCC)OC(=O)CCCCCCC/C=C\C/C=C\CCCCC. The third kappa shape index (κ3) is 75.2. The highest BCUT2D eigenvalue weighted by Gasteiger charge is 2.30. The molecule has 0 spiro atoms. The average Bonchev–Trinajstić information content (AvgIpc) is 0.937. The van der Waals surface area contributed by atoms with E-state index in [-0.39, 0.29) is 25.7 Å². The van der Waals surface area contributed by atoms with Crippen LogP contribution in [0.5, 0.6) is 0 Å². The highest BCUT2D eigenvalue weighted by Crippen LogP contribution is 2.45. The monoisotopic (exact) mass is 1500 g/mol. The standard InChI is InChI=1S/C85H142O17P2/c1-5-9-13-17-21-25-29-33-37-39-43-45-49-53-57-61-65-69-82(87)95-75-80(101-84(89)71-67-63-59-55-51-47-41-35-31-27-23-19-15-11-7-3)77-99-103(91,92)97-73-79(86)74-98-104(93,94)100-78-81(102-85(90)72-68-64-60-56-52-48-42-36-32-28-24-20-16-12-8-4)76-96-83(88)70-66-62-58-54-50-46-44-40-38-34-30-26-22-18-14-10-6-2/h9-10,13-14,21-28,33-38,41-43,45,53,57,79-81,86H,5-8,11-12,15-20,29-32,39-40,44,46-52,54-56,58-78H2,1-4H3,(H,91,92)(H,93,94)/b13-9-,14-10-,25-21-,26-22-,27-23-,28-24-,37-33-,38-34-,41-35-,42-36-,45-43-,57-53-. The van der Waals surface area contributed by atoms with E-state index in [1.54, 1.807) is 0 Å². The maximum Gasteiger partial charge on any atom is 0.472 e. The topological polar surface area (TPSA) is 237 Å². The van der Waals surface area contributed by atoms with Crippen molar-refractivity contribution in [2.45, 2.75) is 329 Å². The molecule has 17 nitrogen and oxygen atoms in total. The minimum atomic E-state index is -5.00. The number of hydrogen-bond acceptors (Lipinski definition) is 15. The molecule has 0 amide bonds. The van der Waals surface area contributed by atoms with Crippen LogP contribution in [0.25, 0.3) is 0 Å². The molecule has 0 fully saturated rings. The van der Waals surface area contributed by atoms with E-state index < -0.39 is 97.5 Å². The van der Waals surface area contributed by atoms with Gasteiger partial charge in [0.2, 0.25) is 0 Å². The predicted molar refractivity (Wildman–Crippen MR) is 427 cm³/mol. The summed E-state index contributed by atoms with van der Waals surface area (Å²) < 4.78 is 68.6. The number of carbonyl (C=O) groups excluding carboxylic acids is 4. The predicted octanol–water partition coefficient (Wildman–Crippen LogP) is 23.4. The Morgan fingerprint density at radius 1 is 0.279 bits per heavy atom. The van der Waals surface area contributed by atoms with E-state index >= 15 is 0 Å². The number of phosphoric ester groups is 2. The highest BCUT2D eigenvalue weighted by molar-refractivity contribution is 7.47. The van der Waals surface area contributed by atoms with Crippen LogP contribution < -0.4 is 0 Å². The first-order chi connectivity index (χ1) is 50.7. The van der Waals surface area contributed by atoms with Gasteiger partial charge in [-0.15, -0.1) is 0 Å². The van der Waals surface area contributed by atoms with Crippen molar-refractivity contribution < 1.29 is 80.2 Å². The Morgan fingerprint density at radius 3 is 0.808 bits per heavy atom. The van der Waals surface area contributed by atoms with Gasteiger partial charge in [-0.25, -0.2) is 9.13 Å². The van der Waals surface area contributed by atoms with Crippen molar-refractivity contribution >= 4 is 39.5 Å². The molecule has 0 radical (unpaired) electrons. The lowest BCUT2D eigenvalue weighted by atomic mass is 10.1. The van der Waals surface area contributed by atoms with Crippen molar-refractivity contribution in [2.75, 3.05) is 39.6 Å². The summed E-state index contributed by atoms with van der Waals surface area (Å²) >= 11 is 0. The molecular formula is C85H142O17P2. The van der Waals surface area contributed by atoms with Crippen LogP contribution in [-0.2, 0) is 65.4 Å². The number of rotatable bonds is 74. The summed E-state index contributed by atoms with van der Waals surface area (Å²) in [5.41, 5.74) is 0. The van der Waals surface area contributed by atoms with Gasteiger partial charge in [-0.3, -0.25) is 37.3 Å². The fraction of sp³-hybridized carbons (Fsp3) is 0.671. The Kier molecular flexibility index (Phi) is 72.4. The lowest BCUT2D eigenvalue weighted by Crippen LogP contribution is -2.30. The number of aliphatic hydroxyl groups excluding tert-OH is 1. The molecule has 0 aromatic heterocycles. The fourth-order valence-corrected chi connectivity index (χ4v) is 11.8. The highest BCUT2D eigenvalue weighted by atomic mass is 31.2. The summed E-state index contributed by atoms with van der Waals surface area (Å²) in [6.07, 6.45) is 86.8. The normalized spacial score (nSPS) is 14.6. The molecule has 0 aromatic rings. The molecule has 0 aliphatic rings. The zero-order valence-corrected chi connectivity index (χ0v) is 66.7. The molecule has 19 heteroatoms. The van der Waals surface area contributed by atoms with Gasteiger partial charge in [-0.2, -0.15) is 0 Å². The molecule has 0 aromatic carbocycles. The molecule has 0 bridgehead atoms. The number of allylic oxidation sites excluding steroid dienone is 24. The first-order valence-electron chi connectivity index (χ1n) is 40.1. The third-order valence-electron chi connectivity index (χ3n) is 16.3. The van der Waals surface area contributed by atoms with Gasteiger partial charge in [0, 0.05) is 25.7 Å². The second kappa shape index (κ2) is 76.1. The smallest absolute Gasteiger partial charge is 0.462 e. The molecule has 0 rings (SSSR count). The maximum absolute atomic E-state index is 13.1. The van der Waals surface area contributed by atoms with E-state index in [4.69, 9.17) is 37.0 Å². The number of ether oxygens (including phenoxy) is 4. The number of aliphatic hydroxyl groups is 1. The Labute approximate surface area is 630 Å². The lowest BCUT2D eigenvalue weighted by Gasteiger charge is -2.21. The van der Waals surface area contributed by atoms with Crippen LogP contribution in [0, 0.1) is 0 Å². The zero-order valence-electron chi connectivity index (χ0n) is 64.9. The van der Waals surface area contributed by atoms with Crippen molar-refractivity contribution in [3.05, 3.63) is 146 Å². The number of phosphoric acid groups is 2. The van der Waals surface area contributed by atoms with Crippen LogP contribution in [-0.4, -0.2) is 96.7 Å². The molecule has 0 heterocycles. The van der Waals surface area contributed by atoms with Crippen LogP contribution in [0.1, 0.15) is 310 Å². The Morgan fingerprint density at radius 2 is 0.510 bits per heavy atom. The van der Waals surface area contributed by atoms with Gasteiger partial charge < -0.3 is 33.8 Å².